The number of hydrogen-bond acceptors (Lipinski definition) is 2. The first kappa shape index (κ1) is 13.4. The highest BCUT2D eigenvalue weighted by atomic mass is 16.5. The van der Waals surface area contributed by atoms with Crippen LogP contribution in [0.2, 0.25) is 0 Å². The van der Waals surface area contributed by atoms with Gasteiger partial charge in [0, 0.05) is 6.04 Å². The molecule has 1 heterocycles. The fraction of sp³-hybridized carbons (Fsp3) is 1.00. The van der Waals surface area contributed by atoms with E-state index in [1.807, 2.05) is 0 Å². The van der Waals surface area contributed by atoms with Crippen LogP contribution in [0, 0.1) is 5.92 Å². The quantitative estimate of drug-likeness (QED) is 0.793. The summed E-state index contributed by atoms with van der Waals surface area (Å²) in [5.74, 6) is 0.866. The average molecular weight is 239 g/mol. The van der Waals surface area contributed by atoms with Crippen LogP contribution in [0.15, 0.2) is 0 Å². The van der Waals surface area contributed by atoms with E-state index in [0.29, 0.717) is 18.2 Å². The summed E-state index contributed by atoms with van der Waals surface area (Å²) in [6, 6.07) is 0.625. The van der Waals surface area contributed by atoms with Crippen LogP contribution in [0.5, 0.6) is 0 Å². The molecule has 0 aromatic heterocycles. The van der Waals surface area contributed by atoms with Gasteiger partial charge in [0.25, 0.3) is 0 Å². The number of rotatable bonds is 5. The van der Waals surface area contributed by atoms with Gasteiger partial charge in [-0.2, -0.15) is 0 Å². The van der Waals surface area contributed by atoms with Gasteiger partial charge in [0.05, 0.1) is 12.2 Å². The molecule has 2 heteroatoms. The lowest BCUT2D eigenvalue weighted by Gasteiger charge is -2.34. The molecule has 0 aromatic rings. The molecule has 100 valence electrons. The number of hydrogen-bond donors (Lipinski definition) is 1. The van der Waals surface area contributed by atoms with Gasteiger partial charge >= 0.3 is 0 Å². The maximum atomic E-state index is 6.11. The fourth-order valence-electron chi connectivity index (χ4n) is 3.50. The number of ether oxygens (including phenoxy) is 1. The Morgan fingerprint density at radius 3 is 2.47 bits per heavy atom. The van der Waals surface area contributed by atoms with Gasteiger partial charge < -0.3 is 10.1 Å². The molecular formula is C15H29NO. The van der Waals surface area contributed by atoms with Crippen molar-refractivity contribution in [2.24, 2.45) is 5.92 Å². The highest BCUT2D eigenvalue weighted by molar-refractivity contribution is 4.89. The Morgan fingerprint density at radius 2 is 1.88 bits per heavy atom. The summed E-state index contributed by atoms with van der Waals surface area (Å²) in [5, 5.41) is 3.78. The maximum Gasteiger partial charge on any atom is 0.0735 e. The lowest BCUT2D eigenvalue weighted by Crippen LogP contribution is -2.46. The summed E-state index contributed by atoms with van der Waals surface area (Å²) in [6.45, 7) is 5.62. The van der Waals surface area contributed by atoms with Crippen molar-refractivity contribution in [2.45, 2.75) is 83.5 Å². The third kappa shape index (κ3) is 3.69. The van der Waals surface area contributed by atoms with Gasteiger partial charge in [-0.1, -0.05) is 26.2 Å². The Hall–Kier alpha value is -0.0800. The van der Waals surface area contributed by atoms with Crippen molar-refractivity contribution in [2.75, 3.05) is 6.54 Å². The van der Waals surface area contributed by atoms with Crippen LogP contribution in [0.4, 0.5) is 0 Å². The topological polar surface area (TPSA) is 21.3 Å². The van der Waals surface area contributed by atoms with Gasteiger partial charge in [-0.25, -0.2) is 0 Å². The van der Waals surface area contributed by atoms with Gasteiger partial charge in [-0.05, 0) is 51.5 Å². The third-order valence-electron chi connectivity index (χ3n) is 4.45. The normalized spacial score (nSPS) is 32.8. The molecule has 2 rings (SSSR count). The van der Waals surface area contributed by atoms with Crippen molar-refractivity contribution in [1.29, 1.82) is 0 Å². The molecule has 2 nitrogen and oxygen atoms in total. The second kappa shape index (κ2) is 6.75. The molecule has 0 spiro atoms. The van der Waals surface area contributed by atoms with Gasteiger partial charge in [0.1, 0.15) is 0 Å². The summed E-state index contributed by atoms with van der Waals surface area (Å²) < 4.78 is 6.11. The minimum Gasteiger partial charge on any atom is -0.374 e. The Bertz CT molecular complexity index is 208. The molecule has 2 fully saturated rings. The van der Waals surface area contributed by atoms with Crippen LogP contribution < -0.4 is 5.32 Å². The Kier molecular flexibility index (Phi) is 5.30. The van der Waals surface area contributed by atoms with E-state index in [2.05, 4.69) is 19.2 Å². The minimum atomic E-state index is 0.481. The Morgan fingerprint density at radius 1 is 1.12 bits per heavy atom. The summed E-state index contributed by atoms with van der Waals surface area (Å²) in [7, 11) is 0. The van der Waals surface area contributed by atoms with Crippen molar-refractivity contribution >= 4 is 0 Å². The monoisotopic (exact) mass is 239 g/mol. The third-order valence-corrected chi connectivity index (χ3v) is 4.45. The largest absolute Gasteiger partial charge is 0.374 e. The van der Waals surface area contributed by atoms with E-state index >= 15 is 0 Å². The van der Waals surface area contributed by atoms with E-state index < -0.39 is 0 Å². The SMILES string of the molecule is CCCNC(C1CCCCC1)C1CCC(C)O1. The molecule has 1 saturated carbocycles. The smallest absolute Gasteiger partial charge is 0.0735 e. The average Bonchev–Trinajstić information content (AvgIpc) is 2.78. The Labute approximate surface area is 107 Å². The van der Waals surface area contributed by atoms with Gasteiger partial charge in [0.15, 0.2) is 0 Å². The second-order valence-corrected chi connectivity index (χ2v) is 5.94. The summed E-state index contributed by atoms with van der Waals surface area (Å²) in [5.41, 5.74) is 0. The first-order valence-corrected chi connectivity index (χ1v) is 7.70. The first-order chi connectivity index (χ1) is 8.31. The van der Waals surface area contributed by atoms with Crippen molar-refractivity contribution in [1.82, 2.24) is 5.32 Å². The standard InChI is InChI=1S/C15H29NO/c1-3-11-16-15(13-7-5-4-6-8-13)14-10-9-12(2)17-14/h12-16H,3-11H2,1-2H3. The van der Waals surface area contributed by atoms with Gasteiger partial charge in [-0.3, -0.25) is 0 Å². The van der Waals surface area contributed by atoms with E-state index in [4.69, 9.17) is 4.74 Å². The van der Waals surface area contributed by atoms with Gasteiger partial charge in [0.2, 0.25) is 0 Å². The summed E-state index contributed by atoms with van der Waals surface area (Å²) in [6.07, 6.45) is 11.8. The lowest BCUT2D eigenvalue weighted by atomic mass is 9.81. The zero-order valence-corrected chi connectivity index (χ0v) is 11.6. The van der Waals surface area contributed by atoms with E-state index in [0.717, 1.165) is 12.5 Å². The maximum absolute atomic E-state index is 6.11. The second-order valence-electron chi connectivity index (χ2n) is 5.94. The van der Waals surface area contributed by atoms with Crippen LogP contribution in [0.3, 0.4) is 0 Å². The van der Waals surface area contributed by atoms with E-state index in [-0.39, 0.29) is 0 Å². The molecule has 0 aromatic carbocycles. The minimum absolute atomic E-state index is 0.481. The predicted molar refractivity (Wildman–Crippen MR) is 72.2 cm³/mol. The number of nitrogens with one attached hydrogen (secondary N) is 1. The van der Waals surface area contributed by atoms with Gasteiger partial charge in [-0.15, -0.1) is 0 Å². The highest BCUT2D eigenvalue weighted by Crippen LogP contribution is 2.32. The molecule has 1 N–H and O–H groups in total. The molecule has 1 aliphatic heterocycles. The van der Waals surface area contributed by atoms with Crippen LogP contribution in [0.25, 0.3) is 0 Å². The zero-order chi connectivity index (χ0) is 12.1. The predicted octanol–water partition coefficient (Wildman–Crippen LogP) is 3.50. The van der Waals surface area contributed by atoms with Crippen molar-refractivity contribution in [3.63, 3.8) is 0 Å². The van der Waals surface area contributed by atoms with Crippen LogP contribution in [0.1, 0.15) is 65.2 Å². The van der Waals surface area contributed by atoms with Crippen molar-refractivity contribution in [3.8, 4) is 0 Å². The molecule has 0 radical (unpaired) electrons. The molecular weight excluding hydrogens is 210 g/mol. The van der Waals surface area contributed by atoms with Crippen molar-refractivity contribution < 1.29 is 4.74 Å². The molecule has 3 unspecified atom stereocenters. The van der Waals surface area contributed by atoms with Crippen LogP contribution in [-0.4, -0.2) is 24.8 Å². The van der Waals surface area contributed by atoms with E-state index in [1.165, 1.54) is 51.4 Å². The Balaban J connectivity index is 1.91. The molecule has 1 aliphatic carbocycles. The molecule has 1 saturated heterocycles. The molecule has 0 bridgehead atoms. The first-order valence-electron chi connectivity index (χ1n) is 7.70. The molecule has 17 heavy (non-hydrogen) atoms. The molecule has 3 atom stereocenters. The zero-order valence-electron chi connectivity index (χ0n) is 11.6. The summed E-state index contributed by atoms with van der Waals surface area (Å²) in [4.78, 5) is 0. The van der Waals surface area contributed by atoms with Crippen LogP contribution >= 0.6 is 0 Å². The lowest BCUT2D eigenvalue weighted by molar-refractivity contribution is 0.0120. The molecule has 2 aliphatic rings. The van der Waals surface area contributed by atoms with Crippen LogP contribution in [-0.2, 0) is 4.74 Å². The van der Waals surface area contributed by atoms with E-state index in [1.54, 1.807) is 0 Å². The van der Waals surface area contributed by atoms with Crippen molar-refractivity contribution in [3.05, 3.63) is 0 Å². The molecule has 0 amide bonds. The van der Waals surface area contributed by atoms with E-state index in [9.17, 15) is 0 Å². The summed E-state index contributed by atoms with van der Waals surface area (Å²) >= 11 is 0. The fourth-order valence-corrected chi connectivity index (χ4v) is 3.50. The highest BCUT2D eigenvalue weighted by Gasteiger charge is 2.34.